The number of nitrogens with zero attached hydrogens (tertiary/aromatic N) is 2. The van der Waals surface area contributed by atoms with Gasteiger partial charge in [-0.3, -0.25) is 4.79 Å². The summed E-state index contributed by atoms with van der Waals surface area (Å²) in [7, 11) is 0. The molecule has 9 heteroatoms. The molecule has 0 spiro atoms. The van der Waals surface area contributed by atoms with Crippen LogP contribution >= 0.6 is 11.8 Å². The zero-order valence-corrected chi connectivity index (χ0v) is 11.8. The summed E-state index contributed by atoms with van der Waals surface area (Å²) in [5.41, 5.74) is -2.80. The largest absolute Gasteiger partial charge is 0.419 e. The molecule has 1 N–H and O–H groups in total. The first-order valence-electron chi connectivity index (χ1n) is 5.73. The number of hydrogen-bond acceptors (Lipinski definition) is 4. The van der Waals surface area contributed by atoms with E-state index >= 15 is 0 Å². The zero-order chi connectivity index (χ0) is 16.5. The molecule has 2 aromatic rings. The number of rotatable bonds is 2. The second kappa shape index (κ2) is 5.81. The van der Waals surface area contributed by atoms with Gasteiger partial charge in [-0.15, -0.1) is 0 Å². The first-order valence-corrected chi connectivity index (χ1v) is 6.96. The molecule has 0 aliphatic rings. The number of halogens is 4. The summed E-state index contributed by atoms with van der Waals surface area (Å²) in [5, 5.41) is 9.15. The van der Waals surface area contributed by atoms with Gasteiger partial charge in [-0.05, 0) is 18.4 Å². The van der Waals surface area contributed by atoms with Crippen LogP contribution in [0.25, 0.3) is 11.3 Å². The van der Waals surface area contributed by atoms with Crippen LogP contribution in [0, 0.1) is 17.1 Å². The van der Waals surface area contributed by atoms with Crippen molar-refractivity contribution in [2.75, 3.05) is 6.26 Å². The molecular formula is C13H7F4N3OS. The predicted octanol–water partition coefficient (Wildman–Crippen LogP) is 3.19. The third-order valence-corrected chi connectivity index (χ3v) is 3.33. The molecule has 0 aliphatic heterocycles. The lowest BCUT2D eigenvalue weighted by atomic mass is 10.0. The van der Waals surface area contributed by atoms with Gasteiger partial charge in [0.15, 0.2) is 5.16 Å². The average molecular weight is 329 g/mol. The first-order chi connectivity index (χ1) is 10.3. The Hall–Kier alpha value is -2.34. The number of nitrogens with one attached hydrogen (secondary N) is 1. The van der Waals surface area contributed by atoms with Crippen LogP contribution in [-0.4, -0.2) is 16.2 Å². The van der Waals surface area contributed by atoms with Gasteiger partial charge in [0.25, 0.3) is 5.56 Å². The Kier molecular flexibility index (Phi) is 4.23. The lowest BCUT2D eigenvalue weighted by molar-refractivity contribution is -0.139. The fraction of sp³-hybridized carbons (Fsp3) is 0.154. The third kappa shape index (κ3) is 2.96. The normalized spacial score (nSPS) is 11.3. The van der Waals surface area contributed by atoms with Gasteiger partial charge < -0.3 is 4.98 Å². The summed E-state index contributed by atoms with van der Waals surface area (Å²) >= 11 is 1.07. The Morgan fingerprint density at radius 3 is 2.55 bits per heavy atom. The second-order valence-electron chi connectivity index (χ2n) is 4.10. The van der Waals surface area contributed by atoms with Crippen LogP contribution in [0.5, 0.6) is 0 Å². The second-order valence-corrected chi connectivity index (χ2v) is 4.90. The average Bonchev–Trinajstić information content (AvgIpc) is 2.44. The predicted molar refractivity (Wildman–Crippen MR) is 71.7 cm³/mol. The summed E-state index contributed by atoms with van der Waals surface area (Å²) in [6.07, 6.45) is -3.21. The Morgan fingerprint density at radius 1 is 1.36 bits per heavy atom. The van der Waals surface area contributed by atoms with E-state index in [1.165, 1.54) is 0 Å². The number of H-pyrrole nitrogens is 1. The van der Waals surface area contributed by atoms with Gasteiger partial charge in [0.1, 0.15) is 17.4 Å². The van der Waals surface area contributed by atoms with E-state index in [-0.39, 0.29) is 16.4 Å². The topological polar surface area (TPSA) is 69.5 Å². The molecule has 4 nitrogen and oxygen atoms in total. The standard InChI is InChI=1S/C13H7F4N3OS/c1-22-12-19-10(7(5-18)11(21)20-12)6-2-3-8(9(14)4-6)13(15,16)17/h2-4H,1H3,(H,19,20,21). The van der Waals surface area contributed by atoms with E-state index < -0.39 is 28.7 Å². The number of aromatic amines is 1. The summed E-state index contributed by atoms with van der Waals surface area (Å²) < 4.78 is 51.3. The monoisotopic (exact) mass is 329 g/mol. The van der Waals surface area contributed by atoms with Gasteiger partial charge in [-0.25, -0.2) is 9.37 Å². The molecule has 0 amide bonds. The van der Waals surface area contributed by atoms with E-state index in [2.05, 4.69) is 9.97 Å². The van der Waals surface area contributed by atoms with Crippen molar-refractivity contribution in [2.45, 2.75) is 11.3 Å². The quantitative estimate of drug-likeness (QED) is 0.522. The van der Waals surface area contributed by atoms with Gasteiger partial charge in [-0.1, -0.05) is 17.8 Å². The van der Waals surface area contributed by atoms with Crippen molar-refractivity contribution < 1.29 is 17.6 Å². The highest BCUT2D eigenvalue weighted by Crippen LogP contribution is 2.33. The van der Waals surface area contributed by atoms with E-state index in [1.54, 1.807) is 12.3 Å². The molecule has 0 fully saturated rings. The minimum absolute atomic E-state index is 0.0801. The molecule has 0 unspecified atom stereocenters. The van der Waals surface area contributed by atoms with Crippen LogP contribution in [0.1, 0.15) is 11.1 Å². The number of hydrogen-bond donors (Lipinski definition) is 1. The number of thioether (sulfide) groups is 1. The van der Waals surface area contributed by atoms with Crippen molar-refractivity contribution >= 4 is 11.8 Å². The molecule has 1 aromatic heterocycles. The van der Waals surface area contributed by atoms with Crippen molar-refractivity contribution in [3.63, 3.8) is 0 Å². The molecule has 1 heterocycles. The summed E-state index contributed by atoms with van der Waals surface area (Å²) in [6, 6.07) is 3.74. The maximum atomic E-state index is 13.6. The highest BCUT2D eigenvalue weighted by Gasteiger charge is 2.34. The molecule has 1 aromatic carbocycles. The van der Waals surface area contributed by atoms with Crippen LogP contribution in [0.4, 0.5) is 17.6 Å². The minimum Gasteiger partial charge on any atom is -0.300 e. The van der Waals surface area contributed by atoms with Gasteiger partial charge in [0.05, 0.1) is 11.3 Å². The number of alkyl halides is 3. The molecule has 0 atom stereocenters. The van der Waals surface area contributed by atoms with Gasteiger partial charge in [0, 0.05) is 5.56 Å². The molecule has 114 valence electrons. The maximum absolute atomic E-state index is 13.6. The number of nitriles is 1. The molecule has 22 heavy (non-hydrogen) atoms. The van der Waals surface area contributed by atoms with Crippen molar-refractivity contribution in [3.8, 4) is 17.3 Å². The summed E-state index contributed by atoms with van der Waals surface area (Å²) in [5.74, 6) is -1.50. The molecule has 2 rings (SSSR count). The van der Waals surface area contributed by atoms with Crippen LogP contribution in [0.15, 0.2) is 28.2 Å². The van der Waals surface area contributed by atoms with Crippen molar-refractivity contribution in [1.29, 1.82) is 5.26 Å². The highest BCUT2D eigenvalue weighted by molar-refractivity contribution is 7.98. The van der Waals surface area contributed by atoms with E-state index in [0.29, 0.717) is 12.1 Å². The Balaban J connectivity index is 2.68. The van der Waals surface area contributed by atoms with E-state index in [4.69, 9.17) is 5.26 Å². The molecule has 0 saturated carbocycles. The Bertz CT molecular complexity index is 824. The van der Waals surface area contributed by atoms with Crippen molar-refractivity contribution in [3.05, 3.63) is 45.5 Å². The molecule has 0 aliphatic carbocycles. The smallest absolute Gasteiger partial charge is 0.300 e. The van der Waals surface area contributed by atoms with Crippen LogP contribution in [-0.2, 0) is 6.18 Å². The van der Waals surface area contributed by atoms with Crippen LogP contribution in [0.2, 0.25) is 0 Å². The Labute approximate surface area is 125 Å². The van der Waals surface area contributed by atoms with Crippen molar-refractivity contribution in [2.24, 2.45) is 0 Å². The number of benzene rings is 1. The zero-order valence-electron chi connectivity index (χ0n) is 11.0. The van der Waals surface area contributed by atoms with Gasteiger partial charge >= 0.3 is 6.18 Å². The van der Waals surface area contributed by atoms with Gasteiger partial charge in [0.2, 0.25) is 0 Å². The maximum Gasteiger partial charge on any atom is 0.419 e. The minimum atomic E-state index is -4.83. The van der Waals surface area contributed by atoms with Crippen LogP contribution < -0.4 is 5.56 Å². The molecular weight excluding hydrogens is 322 g/mol. The summed E-state index contributed by atoms with van der Waals surface area (Å²) in [6.45, 7) is 0. The molecule has 0 saturated heterocycles. The highest BCUT2D eigenvalue weighted by atomic mass is 32.2. The fourth-order valence-corrected chi connectivity index (χ4v) is 2.13. The van der Waals surface area contributed by atoms with E-state index in [9.17, 15) is 22.4 Å². The SMILES string of the molecule is CSc1nc(-c2ccc(C(F)(F)F)c(F)c2)c(C#N)c(=O)[nH]1. The van der Waals surface area contributed by atoms with E-state index in [1.807, 2.05) is 0 Å². The lowest BCUT2D eigenvalue weighted by Gasteiger charge is -2.10. The number of aromatic nitrogens is 2. The first kappa shape index (κ1) is 16.0. The molecule has 0 radical (unpaired) electrons. The van der Waals surface area contributed by atoms with E-state index in [0.717, 1.165) is 17.8 Å². The summed E-state index contributed by atoms with van der Waals surface area (Å²) in [4.78, 5) is 18.0. The third-order valence-electron chi connectivity index (χ3n) is 2.75. The van der Waals surface area contributed by atoms with Crippen molar-refractivity contribution in [1.82, 2.24) is 9.97 Å². The lowest BCUT2D eigenvalue weighted by Crippen LogP contribution is -2.15. The van der Waals surface area contributed by atoms with Crippen LogP contribution in [0.3, 0.4) is 0 Å². The molecule has 0 bridgehead atoms. The Morgan fingerprint density at radius 2 is 2.05 bits per heavy atom. The fourth-order valence-electron chi connectivity index (χ4n) is 1.75. The van der Waals surface area contributed by atoms with Gasteiger partial charge in [-0.2, -0.15) is 18.4 Å².